The molecule has 1 rings (SSSR count). The van der Waals surface area contributed by atoms with Crippen molar-refractivity contribution in [2.75, 3.05) is 41.9 Å². The molecular formula is C13H24ClN5S. The Labute approximate surface area is 131 Å². The molecule has 0 fully saturated rings. The fourth-order valence-electron chi connectivity index (χ4n) is 1.81. The van der Waals surface area contributed by atoms with Crippen molar-refractivity contribution >= 4 is 35.3 Å². The Kier molecular flexibility index (Phi) is 7.37. The number of nitrogens with zero attached hydrogens (tertiary/aromatic N) is 5. The minimum absolute atomic E-state index is 0.251. The maximum atomic E-state index is 6.04. The predicted octanol–water partition coefficient (Wildman–Crippen LogP) is 2.95. The Bertz CT molecular complexity index is 414. The molecule has 0 aromatic carbocycles. The fraction of sp³-hybridized carbons (Fsp3) is 0.769. The van der Waals surface area contributed by atoms with Gasteiger partial charge in [0.15, 0.2) is 0 Å². The van der Waals surface area contributed by atoms with E-state index in [1.165, 1.54) is 0 Å². The van der Waals surface area contributed by atoms with E-state index in [2.05, 4.69) is 51.8 Å². The van der Waals surface area contributed by atoms with Crippen LogP contribution in [0.1, 0.15) is 27.2 Å². The van der Waals surface area contributed by atoms with Crippen LogP contribution in [0.15, 0.2) is 0 Å². The van der Waals surface area contributed by atoms with Crippen LogP contribution in [-0.4, -0.2) is 53.1 Å². The summed E-state index contributed by atoms with van der Waals surface area (Å²) in [4.78, 5) is 17.1. The summed E-state index contributed by atoms with van der Waals surface area (Å²) in [5, 5.41) is 0.251. The molecule has 0 amide bonds. The van der Waals surface area contributed by atoms with Crippen molar-refractivity contribution in [2.45, 2.75) is 33.2 Å². The molecule has 0 N–H and O–H groups in total. The van der Waals surface area contributed by atoms with Gasteiger partial charge in [-0.05, 0) is 50.8 Å². The Morgan fingerprint density at radius 1 is 1.15 bits per heavy atom. The SMILES string of the molecule is CCN(CC)c1nc(Cl)nc(N(C)C(C)CCSC)n1. The van der Waals surface area contributed by atoms with Gasteiger partial charge < -0.3 is 9.80 Å². The van der Waals surface area contributed by atoms with Gasteiger partial charge in [-0.1, -0.05) is 0 Å². The number of rotatable bonds is 8. The van der Waals surface area contributed by atoms with Crippen LogP contribution in [0, 0.1) is 0 Å². The lowest BCUT2D eigenvalue weighted by Gasteiger charge is -2.26. The van der Waals surface area contributed by atoms with E-state index < -0.39 is 0 Å². The largest absolute Gasteiger partial charge is 0.341 e. The second-order valence-electron chi connectivity index (χ2n) is 4.62. The van der Waals surface area contributed by atoms with Crippen LogP contribution in [0.5, 0.6) is 0 Å². The zero-order valence-electron chi connectivity index (χ0n) is 12.9. The molecule has 1 aromatic heterocycles. The molecule has 1 atom stereocenters. The first kappa shape index (κ1) is 17.3. The van der Waals surface area contributed by atoms with Gasteiger partial charge in [-0.3, -0.25) is 0 Å². The highest BCUT2D eigenvalue weighted by molar-refractivity contribution is 7.98. The standard InChI is InChI=1S/C13H24ClN5S/c1-6-19(7-2)13-16-11(14)15-12(17-13)18(4)10(3)8-9-20-5/h10H,6-9H2,1-5H3. The molecule has 1 heterocycles. The number of thioether (sulfide) groups is 1. The van der Waals surface area contributed by atoms with Crippen LogP contribution in [0.25, 0.3) is 0 Å². The minimum Gasteiger partial charge on any atom is -0.341 e. The second kappa shape index (κ2) is 8.52. The van der Waals surface area contributed by atoms with E-state index >= 15 is 0 Å². The predicted molar refractivity (Wildman–Crippen MR) is 89.3 cm³/mol. The van der Waals surface area contributed by atoms with Gasteiger partial charge in [0, 0.05) is 26.2 Å². The summed E-state index contributed by atoms with van der Waals surface area (Å²) in [5.74, 6) is 2.40. The van der Waals surface area contributed by atoms with E-state index in [1.807, 2.05) is 18.8 Å². The van der Waals surface area contributed by atoms with Crippen LogP contribution >= 0.6 is 23.4 Å². The smallest absolute Gasteiger partial charge is 0.231 e. The van der Waals surface area contributed by atoms with Crippen LogP contribution in [-0.2, 0) is 0 Å². The molecule has 1 unspecified atom stereocenters. The lowest BCUT2D eigenvalue weighted by molar-refractivity contribution is 0.649. The van der Waals surface area contributed by atoms with Crippen molar-refractivity contribution < 1.29 is 0 Å². The summed E-state index contributed by atoms with van der Waals surface area (Å²) < 4.78 is 0. The zero-order chi connectivity index (χ0) is 15.1. The van der Waals surface area contributed by atoms with Gasteiger partial charge in [0.1, 0.15) is 0 Å². The molecule has 0 aliphatic carbocycles. The Morgan fingerprint density at radius 3 is 2.30 bits per heavy atom. The summed E-state index contributed by atoms with van der Waals surface area (Å²) in [5.41, 5.74) is 0. The van der Waals surface area contributed by atoms with Crippen molar-refractivity contribution in [3.8, 4) is 0 Å². The molecule has 0 bridgehead atoms. The lowest BCUT2D eigenvalue weighted by atomic mass is 10.2. The van der Waals surface area contributed by atoms with Gasteiger partial charge >= 0.3 is 0 Å². The first-order chi connectivity index (χ1) is 9.53. The zero-order valence-corrected chi connectivity index (χ0v) is 14.5. The van der Waals surface area contributed by atoms with Gasteiger partial charge in [0.25, 0.3) is 0 Å². The van der Waals surface area contributed by atoms with Crippen LogP contribution in [0.4, 0.5) is 11.9 Å². The van der Waals surface area contributed by atoms with E-state index in [0.29, 0.717) is 17.9 Å². The maximum Gasteiger partial charge on any atom is 0.231 e. The van der Waals surface area contributed by atoms with E-state index in [0.717, 1.165) is 25.3 Å². The Balaban J connectivity index is 2.94. The molecule has 0 radical (unpaired) electrons. The van der Waals surface area contributed by atoms with Gasteiger partial charge in [-0.2, -0.15) is 26.7 Å². The second-order valence-corrected chi connectivity index (χ2v) is 5.94. The average molecular weight is 318 g/mol. The first-order valence-electron chi connectivity index (χ1n) is 6.91. The summed E-state index contributed by atoms with van der Waals surface area (Å²) in [6, 6.07) is 0.366. The van der Waals surface area contributed by atoms with Gasteiger partial charge in [0.05, 0.1) is 0 Å². The highest BCUT2D eigenvalue weighted by Crippen LogP contribution is 2.18. The van der Waals surface area contributed by atoms with Crippen molar-refractivity contribution in [1.29, 1.82) is 0 Å². The third kappa shape index (κ3) is 4.66. The number of hydrogen-bond acceptors (Lipinski definition) is 6. The van der Waals surface area contributed by atoms with Crippen LogP contribution in [0.3, 0.4) is 0 Å². The molecule has 0 saturated carbocycles. The number of anilines is 2. The highest BCUT2D eigenvalue weighted by atomic mass is 35.5. The van der Waals surface area contributed by atoms with E-state index in [4.69, 9.17) is 11.6 Å². The first-order valence-corrected chi connectivity index (χ1v) is 8.68. The fourth-order valence-corrected chi connectivity index (χ4v) is 2.54. The average Bonchev–Trinajstić information content (AvgIpc) is 2.44. The van der Waals surface area contributed by atoms with Crippen molar-refractivity contribution in [3.63, 3.8) is 0 Å². The third-order valence-electron chi connectivity index (χ3n) is 3.35. The lowest BCUT2D eigenvalue weighted by Crippen LogP contribution is -2.32. The highest BCUT2D eigenvalue weighted by Gasteiger charge is 2.16. The van der Waals surface area contributed by atoms with Gasteiger partial charge in [-0.15, -0.1) is 0 Å². The molecule has 0 aliphatic rings. The maximum absolute atomic E-state index is 6.04. The molecule has 7 heteroatoms. The molecule has 20 heavy (non-hydrogen) atoms. The van der Waals surface area contributed by atoms with Crippen LogP contribution in [0.2, 0.25) is 5.28 Å². The third-order valence-corrected chi connectivity index (χ3v) is 4.16. The van der Waals surface area contributed by atoms with Crippen molar-refractivity contribution in [1.82, 2.24) is 15.0 Å². The summed E-state index contributed by atoms with van der Waals surface area (Å²) in [6.45, 7) is 8.02. The molecule has 0 aliphatic heterocycles. The Hall–Kier alpha value is -0.750. The van der Waals surface area contributed by atoms with Crippen LogP contribution < -0.4 is 9.80 Å². The van der Waals surface area contributed by atoms with E-state index in [9.17, 15) is 0 Å². The number of hydrogen-bond donors (Lipinski definition) is 0. The summed E-state index contributed by atoms with van der Waals surface area (Å²) >= 11 is 7.89. The van der Waals surface area contributed by atoms with Gasteiger partial charge in [0.2, 0.25) is 17.2 Å². The molecule has 0 spiro atoms. The number of aromatic nitrogens is 3. The quantitative estimate of drug-likeness (QED) is 0.734. The monoisotopic (exact) mass is 317 g/mol. The molecular weight excluding hydrogens is 294 g/mol. The topological polar surface area (TPSA) is 45.2 Å². The summed E-state index contributed by atoms with van der Waals surface area (Å²) in [6.07, 6.45) is 3.20. The molecule has 114 valence electrons. The van der Waals surface area contributed by atoms with Gasteiger partial charge in [-0.25, -0.2) is 0 Å². The van der Waals surface area contributed by atoms with E-state index in [-0.39, 0.29) is 5.28 Å². The normalized spacial score (nSPS) is 12.3. The molecule has 5 nitrogen and oxygen atoms in total. The minimum atomic E-state index is 0.251. The molecule has 1 aromatic rings. The van der Waals surface area contributed by atoms with E-state index in [1.54, 1.807) is 0 Å². The number of halogens is 1. The molecule has 0 saturated heterocycles. The van der Waals surface area contributed by atoms with Crippen molar-refractivity contribution in [3.05, 3.63) is 5.28 Å². The van der Waals surface area contributed by atoms with Crippen molar-refractivity contribution in [2.24, 2.45) is 0 Å². The summed E-state index contributed by atoms with van der Waals surface area (Å²) in [7, 11) is 2.00. The Morgan fingerprint density at radius 2 is 1.75 bits per heavy atom.